The first-order valence-electron chi connectivity index (χ1n) is 10.0. The number of likely N-dealkylation sites (tertiary alicyclic amines) is 1. The number of amides is 1. The third-order valence-electron chi connectivity index (χ3n) is 5.89. The molecule has 13 heteroatoms. The number of rotatable bonds is 3. The monoisotopic (exact) mass is 467 g/mol. The SMILES string of the molecule is O=C(C1CC(C(F)(F)F)CC2=NN(Cc3ccc(C(F)(F)F)nc3)CN21)N1CC[C@H](F)C1. The lowest BCUT2D eigenvalue weighted by atomic mass is 9.89. The molecule has 2 unspecified atom stereocenters. The molecule has 3 atom stereocenters. The summed E-state index contributed by atoms with van der Waals surface area (Å²) in [6.45, 7) is 0.0188. The molecule has 4 heterocycles. The molecular weight excluding hydrogens is 447 g/mol. The Hall–Kier alpha value is -2.60. The fraction of sp³-hybridized carbons (Fsp3) is 0.632. The number of carbonyl (C=O) groups is 1. The molecule has 0 aromatic carbocycles. The number of fused-ring (bicyclic) bond motifs is 1. The predicted molar refractivity (Wildman–Crippen MR) is 97.6 cm³/mol. The molecule has 2 fully saturated rings. The summed E-state index contributed by atoms with van der Waals surface area (Å²) in [5.41, 5.74) is -0.667. The van der Waals surface area contributed by atoms with Gasteiger partial charge in [0, 0.05) is 19.2 Å². The van der Waals surface area contributed by atoms with E-state index in [4.69, 9.17) is 0 Å². The van der Waals surface area contributed by atoms with Crippen LogP contribution < -0.4 is 0 Å². The van der Waals surface area contributed by atoms with Crippen molar-refractivity contribution in [1.29, 1.82) is 0 Å². The van der Waals surface area contributed by atoms with Crippen LogP contribution in [0.3, 0.4) is 0 Å². The normalized spacial score (nSPS) is 26.4. The maximum atomic E-state index is 13.5. The van der Waals surface area contributed by atoms with Gasteiger partial charge in [-0.1, -0.05) is 6.07 Å². The highest BCUT2D eigenvalue weighted by Crippen LogP contribution is 2.40. The van der Waals surface area contributed by atoms with Crippen molar-refractivity contribution >= 4 is 11.7 Å². The van der Waals surface area contributed by atoms with Crippen molar-refractivity contribution in [3.05, 3.63) is 29.6 Å². The first-order valence-corrected chi connectivity index (χ1v) is 10.0. The number of hydrogen-bond acceptors (Lipinski definition) is 5. The van der Waals surface area contributed by atoms with E-state index >= 15 is 0 Å². The minimum Gasteiger partial charge on any atom is -0.338 e. The molecule has 0 N–H and O–H groups in total. The molecule has 1 aromatic rings. The van der Waals surface area contributed by atoms with Gasteiger partial charge in [0.05, 0.1) is 19.0 Å². The molecule has 4 rings (SSSR count). The second kappa shape index (κ2) is 8.07. The van der Waals surface area contributed by atoms with Gasteiger partial charge in [-0.05, 0) is 24.5 Å². The van der Waals surface area contributed by atoms with E-state index in [2.05, 4.69) is 10.1 Å². The van der Waals surface area contributed by atoms with Crippen LogP contribution in [-0.4, -0.2) is 69.7 Å². The third-order valence-corrected chi connectivity index (χ3v) is 5.89. The topological polar surface area (TPSA) is 52.0 Å². The number of carbonyl (C=O) groups excluding carboxylic acids is 1. The van der Waals surface area contributed by atoms with E-state index in [1.165, 1.54) is 20.9 Å². The summed E-state index contributed by atoms with van der Waals surface area (Å²) in [5, 5.41) is 5.59. The first kappa shape index (κ1) is 22.6. The number of amidine groups is 1. The quantitative estimate of drug-likeness (QED) is 0.640. The second-order valence-corrected chi connectivity index (χ2v) is 8.21. The Bertz CT molecular complexity index is 886. The third kappa shape index (κ3) is 4.60. The van der Waals surface area contributed by atoms with Crippen LogP contribution in [0.1, 0.15) is 30.5 Å². The molecule has 176 valence electrons. The smallest absolute Gasteiger partial charge is 0.338 e. The number of alkyl halides is 7. The lowest BCUT2D eigenvalue weighted by molar-refractivity contribution is -0.182. The Morgan fingerprint density at radius 2 is 1.91 bits per heavy atom. The van der Waals surface area contributed by atoms with Crippen LogP contribution in [0.25, 0.3) is 0 Å². The van der Waals surface area contributed by atoms with Gasteiger partial charge in [-0.25, -0.2) is 4.39 Å². The van der Waals surface area contributed by atoms with Crippen LogP contribution in [0.2, 0.25) is 0 Å². The zero-order valence-corrected chi connectivity index (χ0v) is 16.7. The number of halogens is 7. The lowest BCUT2D eigenvalue weighted by Crippen LogP contribution is -2.55. The van der Waals surface area contributed by atoms with Crippen molar-refractivity contribution in [1.82, 2.24) is 19.8 Å². The number of aromatic nitrogens is 1. The number of hydrazone groups is 1. The molecule has 6 nitrogen and oxygen atoms in total. The van der Waals surface area contributed by atoms with Gasteiger partial charge in [0.2, 0.25) is 5.91 Å². The lowest BCUT2D eigenvalue weighted by Gasteiger charge is -2.39. The fourth-order valence-corrected chi connectivity index (χ4v) is 4.24. The molecule has 1 aromatic heterocycles. The minimum atomic E-state index is -4.58. The summed E-state index contributed by atoms with van der Waals surface area (Å²) >= 11 is 0. The Labute approximate surface area is 178 Å². The van der Waals surface area contributed by atoms with Gasteiger partial charge in [0.25, 0.3) is 0 Å². The highest BCUT2D eigenvalue weighted by atomic mass is 19.4. The van der Waals surface area contributed by atoms with Gasteiger partial charge >= 0.3 is 12.4 Å². The molecule has 2 saturated heterocycles. The maximum absolute atomic E-state index is 13.5. The van der Waals surface area contributed by atoms with E-state index < -0.39 is 54.9 Å². The van der Waals surface area contributed by atoms with Gasteiger partial charge < -0.3 is 9.80 Å². The van der Waals surface area contributed by atoms with Crippen molar-refractivity contribution in [3.63, 3.8) is 0 Å². The molecule has 0 saturated carbocycles. The summed E-state index contributed by atoms with van der Waals surface area (Å²) in [7, 11) is 0. The van der Waals surface area contributed by atoms with Crippen LogP contribution in [0.15, 0.2) is 23.4 Å². The molecular formula is C19H20F7N5O. The molecule has 0 bridgehead atoms. The molecule has 3 aliphatic rings. The van der Waals surface area contributed by atoms with Crippen molar-refractivity contribution in [2.24, 2.45) is 11.0 Å². The Morgan fingerprint density at radius 1 is 1.16 bits per heavy atom. The van der Waals surface area contributed by atoms with Gasteiger partial charge in [0.1, 0.15) is 30.4 Å². The van der Waals surface area contributed by atoms with Crippen molar-refractivity contribution in [2.75, 3.05) is 19.8 Å². The van der Waals surface area contributed by atoms with Gasteiger partial charge in [-0.2, -0.15) is 31.4 Å². The van der Waals surface area contributed by atoms with E-state index in [1.807, 2.05) is 0 Å². The second-order valence-electron chi connectivity index (χ2n) is 8.21. The maximum Gasteiger partial charge on any atom is 0.433 e. The summed E-state index contributed by atoms with van der Waals surface area (Å²) < 4.78 is 92.0. The average Bonchev–Trinajstić information content (AvgIpc) is 3.31. The zero-order valence-electron chi connectivity index (χ0n) is 16.7. The van der Waals surface area contributed by atoms with Crippen LogP contribution in [0, 0.1) is 5.92 Å². The number of hydrogen-bond donors (Lipinski definition) is 0. The zero-order chi connectivity index (χ0) is 23.3. The molecule has 0 spiro atoms. The summed E-state index contributed by atoms with van der Waals surface area (Å²) in [4.78, 5) is 19.0. The minimum absolute atomic E-state index is 0.00420. The largest absolute Gasteiger partial charge is 0.433 e. The van der Waals surface area contributed by atoms with E-state index in [9.17, 15) is 35.5 Å². The van der Waals surface area contributed by atoms with Crippen molar-refractivity contribution < 1.29 is 35.5 Å². The van der Waals surface area contributed by atoms with Gasteiger partial charge in [-0.15, -0.1) is 0 Å². The van der Waals surface area contributed by atoms with Gasteiger partial charge in [-0.3, -0.25) is 14.8 Å². The molecule has 0 aliphatic carbocycles. The van der Waals surface area contributed by atoms with Crippen LogP contribution in [0.5, 0.6) is 0 Å². The molecule has 32 heavy (non-hydrogen) atoms. The highest BCUT2D eigenvalue weighted by Gasteiger charge is 2.51. The number of piperidine rings is 1. The first-order chi connectivity index (χ1) is 14.9. The van der Waals surface area contributed by atoms with Crippen LogP contribution in [0.4, 0.5) is 30.7 Å². The molecule has 0 radical (unpaired) electrons. The Kier molecular flexibility index (Phi) is 5.70. The van der Waals surface area contributed by atoms with Crippen LogP contribution in [-0.2, 0) is 17.5 Å². The predicted octanol–water partition coefficient (Wildman–Crippen LogP) is 3.40. The standard InChI is InChI=1S/C19H20F7N5O/c20-13-3-4-29(9-13)17(32)14-5-12(18(21,22)23)6-16-28-30(10-31(14)16)8-11-1-2-15(27-7-11)19(24,25)26/h1-2,7,12-14H,3-6,8-10H2/t12?,13-,14?/m0/s1. The Morgan fingerprint density at radius 3 is 2.47 bits per heavy atom. The van der Waals surface area contributed by atoms with Crippen LogP contribution >= 0.6 is 0 Å². The van der Waals surface area contributed by atoms with E-state index in [0.29, 0.717) is 5.56 Å². The van der Waals surface area contributed by atoms with E-state index in [-0.39, 0.29) is 38.6 Å². The Balaban J connectivity index is 1.51. The fourth-order valence-electron chi connectivity index (χ4n) is 4.24. The van der Waals surface area contributed by atoms with Crippen molar-refractivity contribution in [3.8, 4) is 0 Å². The number of nitrogens with zero attached hydrogens (tertiary/aromatic N) is 5. The summed E-state index contributed by atoms with van der Waals surface area (Å²) in [6.07, 6.45) is -9.98. The van der Waals surface area contributed by atoms with Gasteiger partial charge in [0.15, 0.2) is 0 Å². The summed E-state index contributed by atoms with van der Waals surface area (Å²) in [5.74, 6) is -2.24. The van der Waals surface area contributed by atoms with E-state index in [0.717, 1.165) is 12.3 Å². The van der Waals surface area contributed by atoms with E-state index in [1.54, 1.807) is 0 Å². The summed E-state index contributed by atoms with van der Waals surface area (Å²) in [6, 6.07) is 0.911. The average molecular weight is 467 g/mol. The highest BCUT2D eigenvalue weighted by molar-refractivity contribution is 5.92. The van der Waals surface area contributed by atoms with Crippen molar-refractivity contribution in [2.45, 2.75) is 50.4 Å². The number of pyridine rings is 1. The molecule has 3 aliphatic heterocycles. The molecule has 1 amide bonds.